The van der Waals surface area contributed by atoms with E-state index in [4.69, 9.17) is 40.9 Å². The number of rotatable bonds is 9. The first kappa shape index (κ1) is 43.7. The molecule has 14 heteroatoms. The van der Waals surface area contributed by atoms with Crippen molar-refractivity contribution in [3.8, 4) is 0 Å². The molecule has 0 saturated carbocycles. The quantitative estimate of drug-likeness (QED) is 0.167. The molecule has 0 rings (SSSR count). The van der Waals surface area contributed by atoms with Crippen molar-refractivity contribution < 1.29 is 64.8 Å². The van der Waals surface area contributed by atoms with E-state index in [1.807, 2.05) is 0 Å². The van der Waals surface area contributed by atoms with Crippen LogP contribution in [0.5, 0.6) is 0 Å². The normalized spacial score (nSPS) is 7.88. The number of aliphatic hydroxyl groups is 4. The number of aliphatic hydroxyl groups excluding tert-OH is 4. The van der Waals surface area contributed by atoms with Crippen molar-refractivity contribution in [1.82, 2.24) is 0 Å². The number of nitrogens with two attached hydrogens (primary N) is 1. The van der Waals surface area contributed by atoms with Crippen LogP contribution in [0.1, 0.15) is 0 Å². The Balaban J connectivity index is -0.0000000707. The molecule has 10 N–H and O–H groups in total. The standard InChI is InChI=1S/C5H12O4.C3H5NO.4C3H4O2/c6-1-5(2-7,3-8)4-9;5*1-2-3(4)5/h6-9H,1-4H2;2H,1H2,(H2,4,5);4*2H,1H2,(H,4,5). The fraction of sp³-hybridized carbons (Fsp3) is 0.250. The molecule has 0 spiro atoms. The lowest BCUT2D eigenvalue weighted by molar-refractivity contribution is -0.132. The number of aliphatic carboxylic acids is 4. The van der Waals surface area contributed by atoms with E-state index in [0.29, 0.717) is 0 Å². The first-order valence-corrected chi connectivity index (χ1v) is 8.37. The average Bonchev–Trinajstić information content (AvgIpc) is 2.82. The number of hydrogen-bond acceptors (Lipinski definition) is 9. The summed E-state index contributed by atoms with van der Waals surface area (Å²) in [6, 6.07) is 0. The third-order valence-electron chi connectivity index (χ3n) is 2.24. The van der Waals surface area contributed by atoms with E-state index in [-0.39, 0.29) is 0 Å². The van der Waals surface area contributed by atoms with Gasteiger partial charge in [-0.1, -0.05) is 32.9 Å². The first-order valence-electron chi connectivity index (χ1n) is 8.37. The minimum absolute atomic E-state index is 0.406. The summed E-state index contributed by atoms with van der Waals surface area (Å²) in [6.45, 7) is 13.3. The Morgan fingerprint density at radius 3 is 0.647 bits per heavy atom. The van der Waals surface area contributed by atoms with Crippen LogP contribution in [0.2, 0.25) is 0 Å². The lowest BCUT2D eigenvalue weighted by atomic mass is 9.93. The van der Waals surface area contributed by atoms with Crippen molar-refractivity contribution in [1.29, 1.82) is 0 Å². The van der Waals surface area contributed by atoms with Gasteiger partial charge in [-0.15, -0.1) is 0 Å². The van der Waals surface area contributed by atoms with Gasteiger partial charge in [0, 0.05) is 24.3 Å². The third-order valence-corrected chi connectivity index (χ3v) is 2.24. The second-order valence-electron chi connectivity index (χ2n) is 4.91. The number of carbonyl (C=O) groups excluding carboxylic acids is 1. The van der Waals surface area contributed by atoms with Crippen molar-refractivity contribution in [3.63, 3.8) is 0 Å². The maximum atomic E-state index is 9.47. The average molecular weight is 495 g/mol. The van der Waals surface area contributed by atoms with E-state index >= 15 is 0 Å². The Morgan fingerprint density at radius 2 is 0.647 bits per heavy atom. The van der Waals surface area contributed by atoms with Crippen molar-refractivity contribution >= 4 is 29.8 Å². The van der Waals surface area contributed by atoms with Crippen LogP contribution in [-0.2, 0) is 24.0 Å². The molecule has 0 aromatic carbocycles. The molecule has 34 heavy (non-hydrogen) atoms. The number of carboxylic acids is 4. The molecule has 0 fully saturated rings. The van der Waals surface area contributed by atoms with Crippen LogP contribution in [0.15, 0.2) is 63.3 Å². The molecule has 14 nitrogen and oxygen atoms in total. The number of amides is 1. The third kappa shape index (κ3) is 63.0. The van der Waals surface area contributed by atoms with Gasteiger partial charge in [0.05, 0.1) is 31.8 Å². The van der Waals surface area contributed by atoms with Crippen molar-refractivity contribution in [3.05, 3.63) is 63.3 Å². The van der Waals surface area contributed by atoms with Crippen LogP contribution in [-0.4, -0.2) is 97.1 Å². The highest BCUT2D eigenvalue weighted by atomic mass is 16.4. The van der Waals surface area contributed by atoms with E-state index in [1.165, 1.54) is 0 Å². The molecule has 0 radical (unpaired) electrons. The molecule has 0 bridgehead atoms. The van der Waals surface area contributed by atoms with E-state index < -0.39 is 61.6 Å². The summed E-state index contributed by atoms with van der Waals surface area (Å²) in [5, 5.41) is 64.4. The van der Waals surface area contributed by atoms with E-state index in [9.17, 15) is 24.0 Å². The van der Waals surface area contributed by atoms with Crippen LogP contribution in [0.3, 0.4) is 0 Å². The predicted octanol–water partition coefficient (Wildman–Crippen LogP) is -1.37. The van der Waals surface area contributed by atoms with Gasteiger partial charge in [0.2, 0.25) is 5.91 Å². The largest absolute Gasteiger partial charge is 0.478 e. The Labute approximate surface area is 196 Å². The zero-order valence-corrected chi connectivity index (χ0v) is 18.4. The fourth-order valence-electron chi connectivity index (χ4n) is 0.300. The minimum atomic E-state index is -1.11. The molecule has 0 aliphatic heterocycles. The fourth-order valence-corrected chi connectivity index (χ4v) is 0.300. The van der Waals surface area contributed by atoms with Gasteiger partial charge in [0.1, 0.15) is 0 Å². The highest BCUT2D eigenvalue weighted by Gasteiger charge is 2.26. The Kier molecular flexibility index (Phi) is 43.1. The monoisotopic (exact) mass is 495 g/mol. The maximum absolute atomic E-state index is 9.47. The topological polar surface area (TPSA) is 273 Å². The Morgan fingerprint density at radius 1 is 0.529 bits per heavy atom. The molecule has 1 amide bonds. The summed E-state index contributed by atoms with van der Waals surface area (Å²) in [4.78, 5) is 46.5. The van der Waals surface area contributed by atoms with Crippen LogP contribution in [0.4, 0.5) is 0 Å². The van der Waals surface area contributed by atoms with E-state index in [1.54, 1.807) is 0 Å². The molecule has 0 atom stereocenters. The van der Waals surface area contributed by atoms with Gasteiger partial charge >= 0.3 is 23.9 Å². The van der Waals surface area contributed by atoms with Crippen LogP contribution >= 0.6 is 0 Å². The van der Waals surface area contributed by atoms with Gasteiger partial charge in [-0.05, 0) is 6.08 Å². The molecule has 0 heterocycles. The highest BCUT2D eigenvalue weighted by molar-refractivity contribution is 5.85. The molecule has 0 saturated heterocycles. The van der Waals surface area contributed by atoms with Gasteiger partial charge in [-0.2, -0.15) is 0 Å². The van der Waals surface area contributed by atoms with Crippen molar-refractivity contribution in [2.45, 2.75) is 0 Å². The summed E-state index contributed by atoms with van der Waals surface area (Å²) < 4.78 is 0. The van der Waals surface area contributed by atoms with E-state index in [2.05, 4.69) is 38.6 Å². The molecular formula is C20H33NO13. The maximum Gasteiger partial charge on any atom is 0.327 e. The number of primary amides is 1. The molecule has 0 aliphatic rings. The molecule has 0 aliphatic carbocycles. The highest BCUT2D eigenvalue weighted by Crippen LogP contribution is 2.11. The molecular weight excluding hydrogens is 462 g/mol. The smallest absolute Gasteiger partial charge is 0.327 e. The molecule has 196 valence electrons. The van der Waals surface area contributed by atoms with Gasteiger partial charge in [-0.25, -0.2) is 19.2 Å². The minimum Gasteiger partial charge on any atom is -0.478 e. The van der Waals surface area contributed by atoms with Crippen LogP contribution < -0.4 is 5.73 Å². The lowest BCUT2D eigenvalue weighted by Crippen LogP contribution is -2.37. The first-order chi connectivity index (χ1) is 15.6. The van der Waals surface area contributed by atoms with Gasteiger partial charge in [0.15, 0.2) is 0 Å². The molecule has 0 unspecified atom stereocenters. The van der Waals surface area contributed by atoms with Gasteiger partial charge < -0.3 is 46.6 Å². The van der Waals surface area contributed by atoms with E-state index in [0.717, 1.165) is 30.4 Å². The van der Waals surface area contributed by atoms with Gasteiger partial charge in [-0.3, -0.25) is 4.79 Å². The van der Waals surface area contributed by atoms with Crippen molar-refractivity contribution in [2.24, 2.45) is 11.1 Å². The number of hydrogen-bond donors (Lipinski definition) is 9. The summed E-state index contributed by atoms with van der Waals surface area (Å²) in [5.74, 6) is -4.41. The zero-order valence-electron chi connectivity index (χ0n) is 18.4. The second-order valence-corrected chi connectivity index (χ2v) is 4.91. The lowest BCUT2D eigenvalue weighted by Gasteiger charge is -2.23. The second kappa shape index (κ2) is 33.5. The predicted molar refractivity (Wildman–Crippen MR) is 121 cm³/mol. The summed E-state index contributed by atoms with van der Waals surface area (Å²) in [7, 11) is 0. The molecule has 0 aromatic heterocycles. The molecule has 0 aromatic rings. The van der Waals surface area contributed by atoms with Crippen molar-refractivity contribution in [2.75, 3.05) is 26.4 Å². The summed E-state index contributed by atoms with van der Waals surface area (Å²) in [5.41, 5.74) is 3.42. The SMILES string of the molecule is C=CC(=O)O.C=CC(=O)O.C=CC(=O)O.C=CC(=O)O.C=CC(N)=O.OCC(CO)(CO)CO. The summed E-state index contributed by atoms with van der Waals surface area (Å²) in [6.07, 6.45) is 4.39. The zero-order chi connectivity index (χ0) is 28.8. The number of carbonyl (C=O) groups is 5. The number of carboxylic acid groups (broad SMARTS) is 4. The Hall–Kier alpha value is -4.11. The van der Waals surface area contributed by atoms with Gasteiger partial charge in [0.25, 0.3) is 0 Å². The Bertz CT molecular complexity index is 516. The van der Waals surface area contributed by atoms with Crippen LogP contribution in [0.25, 0.3) is 0 Å². The van der Waals surface area contributed by atoms with Crippen LogP contribution in [0, 0.1) is 5.41 Å². The summed E-state index contributed by atoms with van der Waals surface area (Å²) >= 11 is 0.